The van der Waals surface area contributed by atoms with E-state index >= 15 is 0 Å². The summed E-state index contributed by atoms with van der Waals surface area (Å²) in [5.74, 6) is 1.76. The van der Waals surface area contributed by atoms with Crippen LogP contribution in [-0.2, 0) is 0 Å². The number of anilines is 1. The van der Waals surface area contributed by atoms with E-state index < -0.39 is 0 Å². The number of para-hydroxylation sites is 1. The predicted octanol–water partition coefficient (Wildman–Crippen LogP) is 4.31. The van der Waals surface area contributed by atoms with Crippen molar-refractivity contribution in [2.45, 2.75) is 39.0 Å². The fourth-order valence-electron chi connectivity index (χ4n) is 2.70. The molecule has 0 heterocycles. The maximum atomic E-state index is 3.54. The van der Waals surface area contributed by atoms with Gasteiger partial charge in [-0.05, 0) is 24.0 Å². The third kappa shape index (κ3) is 3.26. The van der Waals surface area contributed by atoms with Crippen LogP contribution in [0.15, 0.2) is 30.3 Å². The lowest BCUT2D eigenvalue weighted by Gasteiger charge is -2.28. The number of nitrogens with one attached hydrogen (secondary N) is 1. The summed E-state index contributed by atoms with van der Waals surface area (Å²) in [4.78, 5) is 0. The Morgan fingerprint density at radius 1 is 1.12 bits per heavy atom. The van der Waals surface area contributed by atoms with Crippen molar-refractivity contribution < 1.29 is 0 Å². The summed E-state index contributed by atoms with van der Waals surface area (Å²) < 4.78 is 0. The van der Waals surface area contributed by atoms with Crippen LogP contribution in [0, 0.1) is 11.8 Å². The molecule has 1 atom stereocenters. The summed E-state index contributed by atoms with van der Waals surface area (Å²) in [7, 11) is 0. The van der Waals surface area contributed by atoms with Crippen molar-refractivity contribution in [3.8, 4) is 0 Å². The zero-order valence-corrected chi connectivity index (χ0v) is 10.3. The molecule has 1 nitrogen and oxygen atoms in total. The Hall–Kier alpha value is -0.980. The van der Waals surface area contributed by atoms with E-state index in [4.69, 9.17) is 0 Å². The topological polar surface area (TPSA) is 12.0 Å². The van der Waals surface area contributed by atoms with E-state index in [9.17, 15) is 0 Å². The smallest absolute Gasteiger partial charge is 0.0340 e. The molecule has 1 heteroatoms. The van der Waals surface area contributed by atoms with Gasteiger partial charge in [0.05, 0.1) is 0 Å². The molecular formula is C15H23N. The van der Waals surface area contributed by atoms with E-state index in [0.717, 1.165) is 18.4 Å². The van der Waals surface area contributed by atoms with Crippen LogP contribution in [-0.4, -0.2) is 6.54 Å². The number of benzene rings is 1. The molecule has 0 unspecified atom stereocenters. The van der Waals surface area contributed by atoms with Crippen LogP contribution in [0.25, 0.3) is 0 Å². The molecule has 88 valence electrons. The third-order valence-electron chi connectivity index (χ3n) is 3.86. The van der Waals surface area contributed by atoms with Crippen LogP contribution >= 0.6 is 0 Å². The Morgan fingerprint density at radius 3 is 2.50 bits per heavy atom. The summed E-state index contributed by atoms with van der Waals surface area (Å²) in [5.41, 5.74) is 1.25. The second kappa shape index (κ2) is 5.93. The van der Waals surface area contributed by atoms with Gasteiger partial charge >= 0.3 is 0 Å². The van der Waals surface area contributed by atoms with Crippen LogP contribution in [0.2, 0.25) is 0 Å². The molecule has 0 aromatic heterocycles. The average molecular weight is 217 g/mol. The first-order chi connectivity index (χ1) is 7.86. The van der Waals surface area contributed by atoms with Gasteiger partial charge in [-0.3, -0.25) is 0 Å². The summed E-state index contributed by atoms with van der Waals surface area (Å²) in [6, 6.07) is 10.5. The van der Waals surface area contributed by atoms with Gasteiger partial charge < -0.3 is 5.32 Å². The van der Waals surface area contributed by atoms with Gasteiger partial charge in [0, 0.05) is 12.2 Å². The Labute approximate surface area is 99.3 Å². The molecule has 0 bridgehead atoms. The zero-order valence-electron chi connectivity index (χ0n) is 10.3. The molecule has 1 aromatic carbocycles. The average Bonchev–Trinajstić information content (AvgIpc) is 2.38. The minimum atomic E-state index is 0.806. The largest absolute Gasteiger partial charge is 0.385 e. The van der Waals surface area contributed by atoms with Crippen LogP contribution in [0.1, 0.15) is 39.0 Å². The lowest BCUT2D eigenvalue weighted by Crippen LogP contribution is -2.22. The lowest BCUT2D eigenvalue weighted by molar-refractivity contribution is 0.273. The first-order valence-electron chi connectivity index (χ1n) is 6.65. The zero-order chi connectivity index (χ0) is 11.2. The Bertz CT molecular complexity index is 288. The van der Waals surface area contributed by atoms with Gasteiger partial charge in [-0.2, -0.15) is 0 Å². The summed E-state index contributed by atoms with van der Waals surface area (Å²) >= 11 is 0. The predicted molar refractivity (Wildman–Crippen MR) is 70.7 cm³/mol. The normalized spacial score (nSPS) is 19.3. The van der Waals surface area contributed by atoms with E-state index in [1.54, 1.807) is 0 Å². The summed E-state index contributed by atoms with van der Waals surface area (Å²) in [6.45, 7) is 3.51. The van der Waals surface area contributed by atoms with E-state index in [2.05, 4.69) is 42.6 Å². The highest BCUT2D eigenvalue weighted by molar-refractivity contribution is 5.42. The van der Waals surface area contributed by atoms with Gasteiger partial charge in [0.25, 0.3) is 0 Å². The van der Waals surface area contributed by atoms with Crippen molar-refractivity contribution in [3.05, 3.63) is 30.3 Å². The number of rotatable bonds is 4. The van der Waals surface area contributed by atoms with Gasteiger partial charge in [-0.1, -0.05) is 57.2 Å². The Kier molecular flexibility index (Phi) is 4.26. The van der Waals surface area contributed by atoms with Crippen LogP contribution in [0.4, 0.5) is 5.69 Å². The molecular weight excluding hydrogens is 194 g/mol. The Balaban J connectivity index is 1.76. The summed E-state index contributed by atoms with van der Waals surface area (Å²) in [6.07, 6.45) is 7.23. The van der Waals surface area contributed by atoms with E-state index in [0.29, 0.717) is 0 Å². The fraction of sp³-hybridized carbons (Fsp3) is 0.600. The highest BCUT2D eigenvalue weighted by Crippen LogP contribution is 2.29. The quantitative estimate of drug-likeness (QED) is 0.792. The molecule has 16 heavy (non-hydrogen) atoms. The van der Waals surface area contributed by atoms with Crippen molar-refractivity contribution in [2.75, 3.05) is 11.9 Å². The molecule has 0 aliphatic heterocycles. The van der Waals surface area contributed by atoms with Crippen LogP contribution in [0.3, 0.4) is 0 Å². The van der Waals surface area contributed by atoms with Gasteiger partial charge in [0.2, 0.25) is 0 Å². The first kappa shape index (κ1) is 11.5. The SMILES string of the molecule is C[C@@H](CNc1ccccc1)C1CCCCC1. The minimum Gasteiger partial charge on any atom is -0.385 e. The molecule has 0 amide bonds. The molecule has 0 spiro atoms. The third-order valence-corrected chi connectivity index (χ3v) is 3.86. The number of hydrogen-bond acceptors (Lipinski definition) is 1. The maximum absolute atomic E-state index is 3.54. The molecule has 1 aromatic rings. The molecule has 0 saturated heterocycles. The molecule has 1 aliphatic carbocycles. The lowest BCUT2D eigenvalue weighted by atomic mass is 9.81. The van der Waals surface area contributed by atoms with E-state index in [1.807, 2.05) is 0 Å². The van der Waals surface area contributed by atoms with E-state index in [1.165, 1.54) is 37.8 Å². The summed E-state index contributed by atoms with van der Waals surface area (Å²) in [5, 5.41) is 3.54. The van der Waals surface area contributed by atoms with E-state index in [-0.39, 0.29) is 0 Å². The highest BCUT2D eigenvalue weighted by Gasteiger charge is 2.19. The Morgan fingerprint density at radius 2 is 1.81 bits per heavy atom. The van der Waals surface area contributed by atoms with Gasteiger partial charge in [0.1, 0.15) is 0 Å². The monoisotopic (exact) mass is 217 g/mol. The van der Waals surface area contributed by atoms with Crippen molar-refractivity contribution in [1.82, 2.24) is 0 Å². The number of hydrogen-bond donors (Lipinski definition) is 1. The molecule has 2 rings (SSSR count). The van der Waals surface area contributed by atoms with Crippen LogP contribution in [0.5, 0.6) is 0 Å². The highest BCUT2D eigenvalue weighted by atomic mass is 14.9. The molecule has 1 fully saturated rings. The standard InChI is InChI=1S/C15H23N/c1-13(14-8-4-2-5-9-14)12-16-15-10-6-3-7-11-15/h3,6-7,10-11,13-14,16H,2,4-5,8-9,12H2,1H3/t13-/m0/s1. The minimum absolute atomic E-state index is 0.806. The fourth-order valence-corrected chi connectivity index (χ4v) is 2.70. The van der Waals surface area contributed by atoms with Crippen LogP contribution < -0.4 is 5.32 Å². The molecule has 0 radical (unpaired) electrons. The van der Waals surface area contributed by atoms with Crippen molar-refractivity contribution in [3.63, 3.8) is 0 Å². The van der Waals surface area contributed by atoms with Gasteiger partial charge in [-0.15, -0.1) is 0 Å². The second-order valence-electron chi connectivity index (χ2n) is 5.12. The van der Waals surface area contributed by atoms with Crippen molar-refractivity contribution in [2.24, 2.45) is 11.8 Å². The molecule has 1 aliphatic rings. The maximum Gasteiger partial charge on any atom is 0.0340 e. The van der Waals surface area contributed by atoms with Gasteiger partial charge in [0.15, 0.2) is 0 Å². The molecule has 1 N–H and O–H groups in total. The first-order valence-corrected chi connectivity index (χ1v) is 6.65. The van der Waals surface area contributed by atoms with Crippen molar-refractivity contribution >= 4 is 5.69 Å². The molecule has 1 saturated carbocycles. The van der Waals surface area contributed by atoms with Gasteiger partial charge in [-0.25, -0.2) is 0 Å². The van der Waals surface area contributed by atoms with Crippen molar-refractivity contribution in [1.29, 1.82) is 0 Å². The second-order valence-corrected chi connectivity index (χ2v) is 5.12.